The summed E-state index contributed by atoms with van der Waals surface area (Å²) < 4.78 is 24.7. The van der Waals surface area contributed by atoms with Crippen LogP contribution in [0.3, 0.4) is 0 Å². The van der Waals surface area contributed by atoms with Gasteiger partial charge in [0.15, 0.2) is 9.84 Å². The highest BCUT2D eigenvalue weighted by molar-refractivity contribution is 7.92. The van der Waals surface area contributed by atoms with Gasteiger partial charge in [-0.05, 0) is 37.1 Å². The van der Waals surface area contributed by atoms with Gasteiger partial charge in [0, 0.05) is 0 Å². The molecule has 102 valence electrons. The van der Waals surface area contributed by atoms with Crippen molar-refractivity contribution in [2.45, 2.75) is 51.7 Å². The highest BCUT2D eigenvalue weighted by Crippen LogP contribution is 2.35. The van der Waals surface area contributed by atoms with Crippen LogP contribution >= 0.6 is 0 Å². The molecule has 3 unspecified atom stereocenters. The summed E-state index contributed by atoms with van der Waals surface area (Å²) >= 11 is 0. The van der Waals surface area contributed by atoms with E-state index in [1.54, 1.807) is 0 Å². The topological polar surface area (TPSA) is 60.2 Å². The third-order valence-corrected chi connectivity index (χ3v) is 6.58. The normalized spacial score (nSPS) is 30.8. The van der Waals surface area contributed by atoms with E-state index in [9.17, 15) is 8.42 Å². The van der Waals surface area contributed by atoms with E-state index in [0.717, 1.165) is 25.7 Å². The van der Waals surface area contributed by atoms with E-state index >= 15 is 0 Å². The number of rotatable bonds is 5. The summed E-state index contributed by atoms with van der Waals surface area (Å²) in [4.78, 5) is 0. The zero-order chi connectivity index (χ0) is 13.1. The fourth-order valence-corrected chi connectivity index (χ4v) is 5.52. The van der Waals surface area contributed by atoms with Crippen molar-refractivity contribution in [3.8, 4) is 0 Å². The molecule has 4 heteroatoms. The first-order valence-corrected chi connectivity index (χ1v) is 8.53. The molecule has 0 heterocycles. The van der Waals surface area contributed by atoms with E-state index in [1.807, 2.05) is 13.8 Å². The van der Waals surface area contributed by atoms with Crippen LogP contribution in [0.2, 0.25) is 0 Å². The van der Waals surface area contributed by atoms with Crippen LogP contribution in [0.5, 0.6) is 0 Å². The minimum atomic E-state index is -2.97. The van der Waals surface area contributed by atoms with Gasteiger partial charge in [-0.1, -0.05) is 33.6 Å². The van der Waals surface area contributed by atoms with Gasteiger partial charge in [0.25, 0.3) is 0 Å². The van der Waals surface area contributed by atoms with Gasteiger partial charge in [0.05, 0.1) is 11.0 Å². The molecule has 0 amide bonds. The SMILES string of the molecule is CCC1CCC(CN)C(S(=O)(=O)CC(C)C)C1. The highest BCUT2D eigenvalue weighted by Gasteiger charge is 2.37. The van der Waals surface area contributed by atoms with Crippen molar-refractivity contribution >= 4 is 9.84 Å². The largest absolute Gasteiger partial charge is 0.330 e. The molecule has 0 aromatic rings. The average molecular weight is 261 g/mol. The fraction of sp³-hybridized carbons (Fsp3) is 1.00. The van der Waals surface area contributed by atoms with Crippen molar-refractivity contribution in [3.05, 3.63) is 0 Å². The molecule has 1 saturated carbocycles. The minimum absolute atomic E-state index is 0.182. The minimum Gasteiger partial charge on any atom is -0.330 e. The predicted molar refractivity (Wildman–Crippen MR) is 72.6 cm³/mol. The molecule has 1 aliphatic rings. The Kier molecular flexibility index (Phi) is 5.45. The standard InChI is InChI=1S/C13H27NO2S/c1-4-11-5-6-12(8-14)13(7-11)17(15,16)9-10(2)3/h10-13H,4-9,14H2,1-3H3. The molecule has 0 radical (unpaired) electrons. The molecule has 0 spiro atoms. The Hall–Kier alpha value is -0.0900. The highest BCUT2D eigenvalue weighted by atomic mass is 32.2. The maximum Gasteiger partial charge on any atom is 0.153 e. The van der Waals surface area contributed by atoms with E-state index in [-0.39, 0.29) is 17.1 Å². The van der Waals surface area contributed by atoms with Crippen molar-refractivity contribution < 1.29 is 8.42 Å². The van der Waals surface area contributed by atoms with E-state index in [2.05, 4.69) is 6.92 Å². The third-order valence-electron chi connectivity index (χ3n) is 3.94. The predicted octanol–water partition coefficient (Wildman–Crippen LogP) is 2.21. The molecule has 0 aromatic carbocycles. The van der Waals surface area contributed by atoms with Crippen LogP contribution in [-0.4, -0.2) is 26.0 Å². The zero-order valence-electron chi connectivity index (χ0n) is 11.4. The molecule has 0 aliphatic heterocycles. The van der Waals surface area contributed by atoms with Crippen LogP contribution in [0.4, 0.5) is 0 Å². The van der Waals surface area contributed by atoms with Gasteiger partial charge < -0.3 is 5.73 Å². The van der Waals surface area contributed by atoms with Gasteiger partial charge in [-0.2, -0.15) is 0 Å². The van der Waals surface area contributed by atoms with Crippen molar-refractivity contribution in [2.24, 2.45) is 23.5 Å². The van der Waals surface area contributed by atoms with Crippen LogP contribution in [-0.2, 0) is 9.84 Å². The molecular formula is C13H27NO2S. The summed E-state index contributed by atoms with van der Waals surface area (Å²) in [7, 11) is -2.97. The van der Waals surface area contributed by atoms with E-state index in [1.165, 1.54) is 0 Å². The Morgan fingerprint density at radius 2 is 1.94 bits per heavy atom. The van der Waals surface area contributed by atoms with Crippen molar-refractivity contribution in [3.63, 3.8) is 0 Å². The van der Waals surface area contributed by atoms with Crippen LogP contribution in [0.25, 0.3) is 0 Å². The number of nitrogens with two attached hydrogens (primary N) is 1. The van der Waals surface area contributed by atoms with Crippen LogP contribution in [0, 0.1) is 17.8 Å². The Balaban J connectivity index is 2.82. The van der Waals surface area contributed by atoms with E-state index in [4.69, 9.17) is 5.73 Å². The second-order valence-corrected chi connectivity index (χ2v) is 8.11. The third kappa shape index (κ3) is 3.95. The maximum atomic E-state index is 12.4. The molecule has 3 nitrogen and oxygen atoms in total. The van der Waals surface area contributed by atoms with Crippen molar-refractivity contribution in [1.29, 1.82) is 0 Å². The molecule has 17 heavy (non-hydrogen) atoms. The summed E-state index contributed by atoms with van der Waals surface area (Å²) in [6, 6.07) is 0. The first kappa shape index (κ1) is 15.0. The molecule has 1 fully saturated rings. The summed E-state index contributed by atoms with van der Waals surface area (Å²) in [6.07, 6.45) is 4.04. The first-order chi connectivity index (χ1) is 7.90. The molecule has 2 N–H and O–H groups in total. The molecule has 0 bridgehead atoms. The Bertz CT molecular complexity index is 324. The summed E-state index contributed by atoms with van der Waals surface area (Å²) in [5, 5.41) is -0.186. The number of hydrogen-bond acceptors (Lipinski definition) is 3. The van der Waals surface area contributed by atoms with Gasteiger partial charge in [-0.25, -0.2) is 8.42 Å². The first-order valence-electron chi connectivity index (χ1n) is 6.82. The second kappa shape index (κ2) is 6.19. The Morgan fingerprint density at radius 1 is 1.29 bits per heavy atom. The van der Waals surface area contributed by atoms with Crippen LogP contribution < -0.4 is 5.73 Å². The quantitative estimate of drug-likeness (QED) is 0.825. The summed E-state index contributed by atoms with van der Waals surface area (Å²) in [5.41, 5.74) is 5.74. The van der Waals surface area contributed by atoms with Gasteiger partial charge in [-0.3, -0.25) is 0 Å². The molecule has 1 rings (SSSR count). The van der Waals surface area contributed by atoms with Gasteiger partial charge in [0.2, 0.25) is 0 Å². The Labute approximate surface area is 106 Å². The Morgan fingerprint density at radius 3 is 2.41 bits per heavy atom. The second-order valence-electron chi connectivity index (χ2n) is 5.84. The molecule has 0 saturated heterocycles. The summed E-state index contributed by atoms with van der Waals surface area (Å²) in [5.74, 6) is 1.27. The summed E-state index contributed by atoms with van der Waals surface area (Å²) in [6.45, 7) is 6.60. The maximum absolute atomic E-state index is 12.4. The van der Waals surface area contributed by atoms with E-state index < -0.39 is 9.84 Å². The molecular weight excluding hydrogens is 234 g/mol. The fourth-order valence-electron chi connectivity index (χ4n) is 2.94. The number of sulfone groups is 1. The van der Waals surface area contributed by atoms with Crippen LogP contribution in [0.1, 0.15) is 46.5 Å². The molecule has 0 aromatic heterocycles. The lowest BCUT2D eigenvalue weighted by Crippen LogP contribution is -2.41. The lowest BCUT2D eigenvalue weighted by atomic mass is 9.80. The van der Waals surface area contributed by atoms with Gasteiger partial charge in [-0.15, -0.1) is 0 Å². The lowest BCUT2D eigenvalue weighted by Gasteiger charge is -2.35. The smallest absolute Gasteiger partial charge is 0.153 e. The van der Waals surface area contributed by atoms with Crippen molar-refractivity contribution in [1.82, 2.24) is 0 Å². The van der Waals surface area contributed by atoms with E-state index in [0.29, 0.717) is 18.2 Å². The number of hydrogen-bond donors (Lipinski definition) is 1. The van der Waals surface area contributed by atoms with Crippen LogP contribution in [0.15, 0.2) is 0 Å². The molecule has 1 aliphatic carbocycles. The van der Waals surface area contributed by atoms with Gasteiger partial charge in [0.1, 0.15) is 0 Å². The average Bonchev–Trinajstić information content (AvgIpc) is 2.26. The van der Waals surface area contributed by atoms with Crippen molar-refractivity contribution in [2.75, 3.05) is 12.3 Å². The monoisotopic (exact) mass is 261 g/mol. The van der Waals surface area contributed by atoms with Gasteiger partial charge >= 0.3 is 0 Å². The molecule has 3 atom stereocenters. The zero-order valence-corrected chi connectivity index (χ0v) is 12.2. The lowest BCUT2D eigenvalue weighted by molar-refractivity contribution is 0.275.